The molecule has 0 bridgehead atoms. The summed E-state index contributed by atoms with van der Waals surface area (Å²) in [6.45, 7) is 6.74. The Labute approximate surface area is 103 Å². The van der Waals surface area contributed by atoms with Crippen LogP contribution in [0, 0.1) is 0 Å². The van der Waals surface area contributed by atoms with E-state index in [9.17, 15) is 0 Å². The molecule has 3 N–H and O–H groups in total. The van der Waals surface area contributed by atoms with Crippen molar-refractivity contribution in [2.45, 2.75) is 19.8 Å². The molecule has 0 aliphatic rings. The van der Waals surface area contributed by atoms with Crippen LogP contribution in [0.4, 0.5) is 0 Å². The molecule has 0 spiro atoms. The van der Waals surface area contributed by atoms with Crippen LogP contribution < -0.4 is 5.73 Å². The van der Waals surface area contributed by atoms with E-state index < -0.39 is 0 Å². The maximum atomic E-state index is 8.47. The molecule has 6 nitrogen and oxygen atoms in total. The summed E-state index contributed by atoms with van der Waals surface area (Å²) < 4.78 is 10.3. The first-order valence-electron chi connectivity index (χ1n) is 6.00. The average molecular weight is 247 g/mol. The van der Waals surface area contributed by atoms with Crippen LogP contribution >= 0.6 is 0 Å². The average Bonchev–Trinajstić information content (AvgIpc) is 2.36. The summed E-state index contributed by atoms with van der Waals surface area (Å²) in [6, 6.07) is 0. The van der Waals surface area contributed by atoms with Crippen LogP contribution in [0.2, 0.25) is 0 Å². The van der Waals surface area contributed by atoms with Crippen molar-refractivity contribution >= 4 is 5.84 Å². The van der Waals surface area contributed by atoms with E-state index in [1.807, 2.05) is 6.92 Å². The quantitative estimate of drug-likeness (QED) is 0.183. The lowest BCUT2D eigenvalue weighted by Crippen LogP contribution is -2.32. The molecule has 6 heteroatoms. The minimum atomic E-state index is 0.261. The van der Waals surface area contributed by atoms with Gasteiger partial charge in [0.25, 0.3) is 0 Å². The fourth-order valence-corrected chi connectivity index (χ4v) is 1.41. The maximum absolute atomic E-state index is 8.47. The molecule has 0 rings (SSSR count). The van der Waals surface area contributed by atoms with Crippen LogP contribution in [0.25, 0.3) is 0 Å². The lowest BCUT2D eigenvalue weighted by molar-refractivity contribution is 0.117. The molecule has 0 saturated heterocycles. The molecule has 0 atom stereocenters. The first kappa shape index (κ1) is 16.1. The molecule has 0 aromatic rings. The van der Waals surface area contributed by atoms with Gasteiger partial charge in [-0.2, -0.15) is 0 Å². The second-order valence-corrected chi connectivity index (χ2v) is 3.73. The third-order valence-corrected chi connectivity index (χ3v) is 2.39. The van der Waals surface area contributed by atoms with E-state index in [0.29, 0.717) is 13.0 Å². The number of hydrogen-bond acceptors (Lipinski definition) is 5. The fraction of sp³-hybridized carbons (Fsp3) is 0.909. The highest BCUT2D eigenvalue weighted by atomic mass is 16.5. The summed E-state index contributed by atoms with van der Waals surface area (Å²) >= 11 is 0. The number of amidine groups is 1. The zero-order valence-corrected chi connectivity index (χ0v) is 10.9. The highest BCUT2D eigenvalue weighted by Crippen LogP contribution is 1.96. The van der Waals surface area contributed by atoms with Crippen molar-refractivity contribution in [1.82, 2.24) is 4.90 Å². The van der Waals surface area contributed by atoms with Gasteiger partial charge in [0.2, 0.25) is 0 Å². The van der Waals surface area contributed by atoms with Crippen molar-refractivity contribution in [2.75, 3.05) is 46.6 Å². The van der Waals surface area contributed by atoms with E-state index in [-0.39, 0.29) is 5.84 Å². The van der Waals surface area contributed by atoms with Gasteiger partial charge in [-0.1, -0.05) is 5.16 Å². The van der Waals surface area contributed by atoms with Gasteiger partial charge >= 0.3 is 0 Å². The summed E-state index contributed by atoms with van der Waals surface area (Å²) in [7, 11) is 1.68. The van der Waals surface area contributed by atoms with Crippen molar-refractivity contribution in [2.24, 2.45) is 10.9 Å². The number of hydrogen-bond donors (Lipinski definition) is 2. The molecule has 17 heavy (non-hydrogen) atoms. The SMILES string of the molecule is CCOCCCN(CCOC)CCC(N)=NO. The number of methoxy groups -OCH3 is 1. The van der Waals surface area contributed by atoms with Crippen molar-refractivity contribution in [3.63, 3.8) is 0 Å². The largest absolute Gasteiger partial charge is 0.409 e. The van der Waals surface area contributed by atoms with Gasteiger partial charge in [-0.05, 0) is 13.3 Å². The van der Waals surface area contributed by atoms with E-state index >= 15 is 0 Å². The summed E-state index contributed by atoms with van der Waals surface area (Å²) in [5.74, 6) is 0.261. The third kappa shape index (κ3) is 10.0. The number of nitrogens with zero attached hydrogens (tertiary/aromatic N) is 2. The normalized spacial score (nSPS) is 12.3. The first-order chi connectivity index (χ1) is 8.24. The minimum Gasteiger partial charge on any atom is -0.409 e. The Bertz CT molecular complexity index is 200. The molecule has 0 heterocycles. The molecule has 0 radical (unpaired) electrons. The van der Waals surface area contributed by atoms with E-state index in [0.717, 1.165) is 39.3 Å². The lowest BCUT2D eigenvalue weighted by Gasteiger charge is -2.21. The van der Waals surface area contributed by atoms with Crippen molar-refractivity contribution < 1.29 is 14.7 Å². The van der Waals surface area contributed by atoms with E-state index in [4.69, 9.17) is 20.4 Å². The van der Waals surface area contributed by atoms with Crippen LogP contribution in [0.15, 0.2) is 5.16 Å². The van der Waals surface area contributed by atoms with Gasteiger partial charge in [0.15, 0.2) is 0 Å². The highest BCUT2D eigenvalue weighted by Gasteiger charge is 2.05. The Morgan fingerprint density at radius 1 is 1.29 bits per heavy atom. The van der Waals surface area contributed by atoms with Crippen LogP contribution in [0.1, 0.15) is 19.8 Å². The summed E-state index contributed by atoms with van der Waals surface area (Å²) in [4.78, 5) is 2.22. The first-order valence-corrected chi connectivity index (χ1v) is 6.00. The van der Waals surface area contributed by atoms with Gasteiger partial charge in [0.1, 0.15) is 5.84 Å². The molecule has 0 amide bonds. The predicted molar refractivity (Wildman–Crippen MR) is 67.5 cm³/mol. The van der Waals surface area contributed by atoms with Crippen LogP contribution in [0.5, 0.6) is 0 Å². The zero-order valence-electron chi connectivity index (χ0n) is 10.9. The van der Waals surface area contributed by atoms with E-state index in [2.05, 4.69) is 10.1 Å². The second-order valence-electron chi connectivity index (χ2n) is 3.73. The van der Waals surface area contributed by atoms with Crippen LogP contribution in [-0.4, -0.2) is 62.5 Å². The third-order valence-electron chi connectivity index (χ3n) is 2.39. The number of rotatable bonds is 11. The molecule has 0 unspecified atom stereocenters. The smallest absolute Gasteiger partial charge is 0.140 e. The molecule has 0 fully saturated rings. The van der Waals surface area contributed by atoms with Gasteiger partial charge < -0.3 is 25.3 Å². The van der Waals surface area contributed by atoms with Gasteiger partial charge in [0, 0.05) is 46.4 Å². The number of oxime groups is 1. The van der Waals surface area contributed by atoms with Crippen molar-refractivity contribution in [3.8, 4) is 0 Å². The monoisotopic (exact) mass is 247 g/mol. The minimum absolute atomic E-state index is 0.261. The Morgan fingerprint density at radius 2 is 2.06 bits per heavy atom. The van der Waals surface area contributed by atoms with Gasteiger partial charge in [-0.3, -0.25) is 0 Å². The Balaban J connectivity index is 3.79. The summed E-state index contributed by atoms with van der Waals surface area (Å²) in [6.07, 6.45) is 1.54. The highest BCUT2D eigenvalue weighted by molar-refractivity contribution is 5.79. The van der Waals surface area contributed by atoms with Crippen molar-refractivity contribution in [3.05, 3.63) is 0 Å². The topological polar surface area (TPSA) is 80.3 Å². The zero-order chi connectivity index (χ0) is 12.9. The Hall–Kier alpha value is -0.850. The van der Waals surface area contributed by atoms with Gasteiger partial charge in [-0.25, -0.2) is 0 Å². The molecule has 0 aliphatic heterocycles. The Morgan fingerprint density at radius 3 is 2.65 bits per heavy atom. The van der Waals surface area contributed by atoms with E-state index in [1.165, 1.54) is 0 Å². The second kappa shape index (κ2) is 11.6. The molecule has 0 aromatic heterocycles. The molecular formula is C11H25N3O3. The van der Waals surface area contributed by atoms with Gasteiger partial charge in [0.05, 0.1) is 6.61 Å². The summed E-state index contributed by atoms with van der Waals surface area (Å²) in [5, 5.41) is 11.4. The van der Waals surface area contributed by atoms with Crippen LogP contribution in [0.3, 0.4) is 0 Å². The number of nitrogens with two attached hydrogens (primary N) is 1. The van der Waals surface area contributed by atoms with E-state index in [1.54, 1.807) is 7.11 Å². The fourth-order valence-electron chi connectivity index (χ4n) is 1.41. The van der Waals surface area contributed by atoms with Crippen LogP contribution in [-0.2, 0) is 9.47 Å². The van der Waals surface area contributed by atoms with Crippen molar-refractivity contribution in [1.29, 1.82) is 0 Å². The Kier molecular flexibility index (Phi) is 11.0. The standard InChI is InChI=1S/C11H25N3O3/c1-3-17-9-4-6-14(8-10-16-2)7-5-11(12)13-15/h15H,3-10H2,1-2H3,(H2,12,13). The molecule has 102 valence electrons. The lowest BCUT2D eigenvalue weighted by atomic mass is 10.3. The summed E-state index contributed by atoms with van der Waals surface area (Å²) in [5.41, 5.74) is 5.44. The molecule has 0 saturated carbocycles. The molecular weight excluding hydrogens is 222 g/mol. The maximum Gasteiger partial charge on any atom is 0.140 e. The number of ether oxygens (including phenoxy) is 2. The molecule has 0 aliphatic carbocycles. The predicted octanol–water partition coefficient (Wildman–Crippen LogP) is 0.498. The molecule has 0 aromatic carbocycles. The van der Waals surface area contributed by atoms with Gasteiger partial charge in [-0.15, -0.1) is 0 Å².